The maximum Gasteiger partial charge on any atom is 0.251 e. The number of nitrogens with one attached hydrogen (secondary N) is 1. The monoisotopic (exact) mass is 399 g/mol. The van der Waals surface area contributed by atoms with Gasteiger partial charge in [0.15, 0.2) is 0 Å². The van der Waals surface area contributed by atoms with E-state index >= 15 is 0 Å². The zero-order valence-corrected chi connectivity index (χ0v) is 18.1. The van der Waals surface area contributed by atoms with Gasteiger partial charge in [0.1, 0.15) is 0 Å². The summed E-state index contributed by atoms with van der Waals surface area (Å²) in [6, 6.07) is 26.7. The number of benzene rings is 3. The number of amides is 1. The van der Waals surface area contributed by atoms with Crippen molar-refractivity contribution in [3.05, 3.63) is 95.6 Å². The van der Waals surface area contributed by atoms with E-state index in [-0.39, 0.29) is 5.91 Å². The van der Waals surface area contributed by atoms with Crippen LogP contribution in [0.3, 0.4) is 0 Å². The Morgan fingerprint density at radius 2 is 1.27 bits per heavy atom. The number of carbonyl (C=O) groups excluding carboxylic acids is 1. The van der Waals surface area contributed by atoms with E-state index < -0.39 is 0 Å². The van der Waals surface area contributed by atoms with E-state index in [2.05, 4.69) is 36.5 Å². The predicted octanol–water partition coefficient (Wildman–Crippen LogP) is 7.19. The van der Waals surface area contributed by atoms with Gasteiger partial charge in [0.2, 0.25) is 0 Å². The molecule has 2 heteroatoms. The zero-order chi connectivity index (χ0) is 21.0. The Balaban J connectivity index is 1.48. The number of hydrogen-bond donors (Lipinski definition) is 1. The number of unbranched alkanes of at least 4 members (excludes halogenated alkanes) is 5. The van der Waals surface area contributed by atoms with E-state index in [1.54, 1.807) is 0 Å². The van der Waals surface area contributed by atoms with Crippen LogP contribution >= 0.6 is 0 Å². The average molecular weight is 400 g/mol. The maximum absolute atomic E-state index is 12.4. The van der Waals surface area contributed by atoms with Crippen molar-refractivity contribution in [3.63, 3.8) is 0 Å². The molecular weight excluding hydrogens is 366 g/mol. The second-order valence-electron chi connectivity index (χ2n) is 7.96. The number of hydrogen-bond acceptors (Lipinski definition) is 1. The van der Waals surface area contributed by atoms with Crippen molar-refractivity contribution in [1.82, 2.24) is 5.32 Å². The van der Waals surface area contributed by atoms with Crippen LogP contribution in [0.4, 0.5) is 0 Å². The second-order valence-corrected chi connectivity index (χ2v) is 7.96. The van der Waals surface area contributed by atoms with Crippen molar-refractivity contribution >= 4 is 5.91 Å². The largest absolute Gasteiger partial charge is 0.348 e. The minimum atomic E-state index is -0.0420. The highest BCUT2D eigenvalue weighted by molar-refractivity contribution is 5.94. The summed E-state index contributed by atoms with van der Waals surface area (Å²) in [4.78, 5) is 12.4. The molecule has 0 spiro atoms. The van der Waals surface area contributed by atoms with Gasteiger partial charge in [-0.25, -0.2) is 0 Å². The minimum Gasteiger partial charge on any atom is -0.348 e. The van der Waals surface area contributed by atoms with E-state index in [1.807, 2.05) is 54.6 Å². The van der Waals surface area contributed by atoms with E-state index in [9.17, 15) is 4.79 Å². The molecule has 0 aliphatic rings. The highest BCUT2D eigenvalue weighted by Gasteiger charge is 2.06. The third-order valence-corrected chi connectivity index (χ3v) is 5.55. The fourth-order valence-electron chi connectivity index (χ4n) is 3.67. The van der Waals surface area contributed by atoms with Crippen LogP contribution in [0.2, 0.25) is 0 Å². The summed E-state index contributed by atoms with van der Waals surface area (Å²) >= 11 is 0. The lowest BCUT2D eigenvalue weighted by molar-refractivity contribution is 0.0951. The molecule has 1 N–H and O–H groups in total. The first-order valence-electron chi connectivity index (χ1n) is 11.3. The van der Waals surface area contributed by atoms with E-state index in [1.165, 1.54) is 49.7 Å². The van der Waals surface area contributed by atoms with Gasteiger partial charge in [0, 0.05) is 12.1 Å². The fourth-order valence-corrected chi connectivity index (χ4v) is 3.67. The smallest absolute Gasteiger partial charge is 0.251 e. The van der Waals surface area contributed by atoms with Gasteiger partial charge >= 0.3 is 0 Å². The topological polar surface area (TPSA) is 29.1 Å². The molecule has 1 amide bonds. The lowest BCUT2D eigenvalue weighted by Crippen LogP contribution is -2.22. The first kappa shape index (κ1) is 21.8. The summed E-state index contributed by atoms with van der Waals surface area (Å²) in [5.74, 6) is -0.0420. The van der Waals surface area contributed by atoms with Gasteiger partial charge in [0.05, 0.1) is 0 Å². The molecule has 2 nitrogen and oxygen atoms in total. The van der Waals surface area contributed by atoms with Gasteiger partial charge in [-0.15, -0.1) is 0 Å². The van der Waals surface area contributed by atoms with Crippen LogP contribution < -0.4 is 5.32 Å². The van der Waals surface area contributed by atoms with Crippen LogP contribution in [0.25, 0.3) is 11.1 Å². The van der Waals surface area contributed by atoms with E-state index in [0.717, 1.165) is 17.5 Å². The lowest BCUT2D eigenvalue weighted by Gasteiger charge is -2.08. The van der Waals surface area contributed by atoms with Crippen LogP contribution in [0, 0.1) is 0 Å². The van der Waals surface area contributed by atoms with Crippen molar-refractivity contribution in [2.45, 2.75) is 58.4 Å². The molecule has 30 heavy (non-hydrogen) atoms. The van der Waals surface area contributed by atoms with Crippen molar-refractivity contribution < 1.29 is 4.79 Å². The fraction of sp³-hybridized carbons (Fsp3) is 0.321. The zero-order valence-electron chi connectivity index (χ0n) is 18.1. The van der Waals surface area contributed by atoms with Gasteiger partial charge in [-0.3, -0.25) is 4.79 Å². The SMILES string of the molecule is CCCCCCCCc1ccc(-c2ccc(C(=O)NCc3ccccc3)cc2)cc1. The quantitative estimate of drug-likeness (QED) is 0.340. The molecule has 0 saturated carbocycles. The summed E-state index contributed by atoms with van der Waals surface area (Å²) in [7, 11) is 0. The standard InChI is InChI=1S/C28H33NO/c1-2-3-4-5-6-8-11-23-14-16-25(17-15-23)26-18-20-27(21-19-26)28(30)29-22-24-12-9-7-10-13-24/h7,9-10,12-21H,2-6,8,11,22H2,1H3,(H,29,30). The molecule has 0 atom stereocenters. The van der Waals surface area contributed by atoms with Gasteiger partial charge in [0.25, 0.3) is 5.91 Å². The minimum absolute atomic E-state index is 0.0420. The van der Waals surface area contributed by atoms with Crippen molar-refractivity contribution in [3.8, 4) is 11.1 Å². The summed E-state index contributed by atoms with van der Waals surface area (Å²) < 4.78 is 0. The van der Waals surface area contributed by atoms with Gasteiger partial charge < -0.3 is 5.32 Å². The highest BCUT2D eigenvalue weighted by atomic mass is 16.1. The normalized spacial score (nSPS) is 10.7. The van der Waals surface area contributed by atoms with Crippen molar-refractivity contribution in [2.75, 3.05) is 0 Å². The van der Waals surface area contributed by atoms with Gasteiger partial charge in [-0.05, 0) is 47.2 Å². The Kier molecular flexibility index (Phi) is 8.71. The lowest BCUT2D eigenvalue weighted by atomic mass is 10.00. The molecule has 0 aliphatic heterocycles. The number of aryl methyl sites for hydroxylation is 1. The van der Waals surface area contributed by atoms with Crippen LogP contribution in [0.15, 0.2) is 78.9 Å². The maximum atomic E-state index is 12.4. The Morgan fingerprint density at radius 1 is 0.667 bits per heavy atom. The number of carbonyl (C=O) groups is 1. The molecular formula is C28H33NO. The van der Waals surface area contributed by atoms with Crippen LogP contribution in [-0.2, 0) is 13.0 Å². The molecule has 0 aromatic heterocycles. The summed E-state index contributed by atoms with van der Waals surface area (Å²) in [6.07, 6.45) is 9.16. The molecule has 0 radical (unpaired) electrons. The molecule has 0 saturated heterocycles. The summed E-state index contributed by atoms with van der Waals surface area (Å²) in [6.45, 7) is 2.80. The molecule has 0 fully saturated rings. The van der Waals surface area contributed by atoms with Crippen LogP contribution in [0.1, 0.15) is 66.9 Å². The molecule has 0 bridgehead atoms. The predicted molar refractivity (Wildman–Crippen MR) is 127 cm³/mol. The molecule has 0 heterocycles. The molecule has 3 aromatic rings. The highest BCUT2D eigenvalue weighted by Crippen LogP contribution is 2.21. The Labute approximate surface area is 181 Å². The third kappa shape index (κ3) is 6.88. The van der Waals surface area contributed by atoms with E-state index in [4.69, 9.17) is 0 Å². The molecule has 3 aromatic carbocycles. The molecule has 156 valence electrons. The van der Waals surface area contributed by atoms with Gasteiger partial charge in [-0.1, -0.05) is 106 Å². The van der Waals surface area contributed by atoms with Crippen LogP contribution in [-0.4, -0.2) is 5.91 Å². The Hall–Kier alpha value is -2.87. The van der Waals surface area contributed by atoms with Crippen molar-refractivity contribution in [1.29, 1.82) is 0 Å². The Bertz CT molecular complexity index is 882. The second kappa shape index (κ2) is 12.0. The van der Waals surface area contributed by atoms with Crippen LogP contribution in [0.5, 0.6) is 0 Å². The van der Waals surface area contributed by atoms with Crippen molar-refractivity contribution in [2.24, 2.45) is 0 Å². The van der Waals surface area contributed by atoms with Gasteiger partial charge in [-0.2, -0.15) is 0 Å². The third-order valence-electron chi connectivity index (χ3n) is 5.55. The molecule has 0 unspecified atom stereocenters. The Morgan fingerprint density at radius 3 is 1.93 bits per heavy atom. The first-order valence-corrected chi connectivity index (χ1v) is 11.3. The first-order chi connectivity index (χ1) is 14.8. The average Bonchev–Trinajstić information content (AvgIpc) is 2.81. The number of rotatable bonds is 11. The summed E-state index contributed by atoms with van der Waals surface area (Å²) in [5.41, 5.74) is 5.53. The molecule has 0 aliphatic carbocycles. The van der Waals surface area contributed by atoms with E-state index in [0.29, 0.717) is 12.1 Å². The molecule has 3 rings (SSSR count). The summed E-state index contributed by atoms with van der Waals surface area (Å²) in [5, 5.41) is 2.98.